The van der Waals surface area contributed by atoms with Crippen LogP contribution in [-0.2, 0) is 30.7 Å². The van der Waals surface area contributed by atoms with Crippen molar-refractivity contribution in [1.29, 1.82) is 0 Å². The molecule has 0 spiro atoms. The lowest BCUT2D eigenvalue weighted by Crippen LogP contribution is -2.49. The van der Waals surface area contributed by atoms with Gasteiger partial charge in [-0.3, -0.25) is 29.3 Å². The number of fused-ring (bicyclic) bond motifs is 4. The molecule has 1 aromatic rings. The molecule has 0 aliphatic carbocycles. The fraction of sp³-hybridized carbons (Fsp3) is 0.600. The Bertz CT molecular complexity index is 1030. The number of amides is 6. The van der Waals surface area contributed by atoms with Crippen molar-refractivity contribution >= 4 is 23.9 Å². The normalized spacial score (nSPS) is 25.4. The highest BCUT2D eigenvalue weighted by Gasteiger charge is 2.48. The van der Waals surface area contributed by atoms with Crippen LogP contribution in [0.4, 0.5) is 9.59 Å². The van der Waals surface area contributed by atoms with Gasteiger partial charge in [0.25, 0.3) is 11.8 Å². The SMILES string of the molecule is CCCONC(=O)[C@@H]1CC[C@@H]2CN1C(=O)N2O.CONC(=O)[C@@H]1CC[C@@H]2CN1C(=O)N2OCc1ccccc1. The highest BCUT2D eigenvalue weighted by molar-refractivity contribution is 5.88. The summed E-state index contributed by atoms with van der Waals surface area (Å²) in [6.07, 6.45) is 3.33. The summed E-state index contributed by atoms with van der Waals surface area (Å²) in [5, 5.41) is 11.6. The van der Waals surface area contributed by atoms with Crippen molar-refractivity contribution in [3.63, 3.8) is 0 Å². The summed E-state index contributed by atoms with van der Waals surface area (Å²) in [7, 11) is 1.38. The molecule has 14 nitrogen and oxygen atoms in total. The van der Waals surface area contributed by atoms with Gasteiger partial charge in [-0.05, 0) is 37.7 Å². The summed E-state index contributed by atoms with van der Waals surface area (Å²) in [5.41, 5.74) is 5.64. The lowest BCUT2D eigenvalue weighted by Gasteiger charge is -2.28. The van der Waals surface area contributed by atoms with Crippen molar-refractivity contribution in [2.75, 3.05) is 26.8 Å². The predicted molar refractivity (Wildman–Crippen MR) is 134 cm³/mol. The molecule has 4 saturated heterocycles. The second kappa shape index (κ2) is 13.1. The molecule has 0 unspecified atom stereocenters. The van der Waals surface area contributed by atoms with E-state index in [2.05, 4.69) is 15.8 Å². The van der Waals surface area contributed by atoms with Gasteiger partial charge in [0.15, 0.2) is 0 Å². The van der Waals surface area contributed by atoms with Gasteiger partial charge in [-0.2, -0.15) is 5.06 Å². The Balaban J connectivity index is 0.000000187. The highest BCUT2D eigenvalue weighted by Crippen LogP contribution is 2.31. The van der Waals surface area contributed by atoms with Crippen molar-refractivity contribution in [3.8, 4) is 0 Å². The first-order valence-corrected chi connectivity index (χ1v) is 13.2. The van der Waals surface area contributed by atoms with E-state index in [-0.39, 0.29) is 29.9 Å². The molecule has 0 saturated carbocycles. The zero-order valence-electron chi connectivity index (χ0n) is 22.2. The molecule has 214 valence electrons. The molecule has 3 N–H and O–H groups in total. The van der Waals surface area contributed by atoms with Crippen molar-refractivity contribution in [2.45, 2.75) is 69.8 Å². The summed E-state index contributed by atoms with van der Waals surface area (Å²) >= 11 is 0. The van der Waals surface area contributed by atoms with Crippen LogP contribution in [0, 0.1) is 0 Å². The molecule has 4 aliphatic heterocycles. The van der Waals surface area contributed by atoms with Crippen molar-refractivity contribution in [1.82, 2.24) is 30.9 Å². The summed E-state index contributed by atoms with van der Waals surface area (Å²) in [5.74, 6) is -0.611. The largest absolute Gasteiger partial charge is 0.345 e. The molecule has 4 bridgehead atoms. The minimum atomic E-state index is -0.534. The summed E-state index contributed by atoms with van der Waals surface area (Å²) in [6.45, 7) is 3.63. The fourth-order valence-corrected chi connectivity index (χ4v) is 5.17. The molecule has 5 rings (SSSR count). The average molecular weight is 549 g/mol. The van der Waals surface area contributed by atoms with Crippen LogP contribution in [0.3, 0.4) is 0 Å². The van der Waals surface area contributed by atoms with E-state index in [0.29, 0.717) is 45.6 Å². The molecule has 6 amide bonds. The minimum absolute atomic E-state index is 0.00260. The van der Waals surface area contributed by atoms with Crippen LogP contribution >= 0.6 is 0 Å². The third kappa shape index (κ3) is 6.41. The first-order chi connectivity index (χ1) is 18.8. The number of hydroxylamine groups is 6. The lowest BCUT2D eigenvalue weighted by molar-refractivity contribution is -0.141. The molecule has 39 heavy (non-hydrogen) atoms. The van der Waals surface area contributed by atoms with E-state index < -0.39 is 18.1 Å². The number of benzene rings is 1. The number of nitrogens with one attached hydrogen (secondary N) is 2. The van der Waals surface area contributed by atoms with Crippen LogP contribution < -0.4 is 11.0 Å². The third-order valence-electron chi connectivity index (χ3n) is 7.17. The molecule has 4 fully saturated rings. The van der Waals surface area contributed by atoms with Gasteiger partial charge in [0.05, 0.1) is 25.8 Å². The van der Waals surface area contributed by atoms with Gasteiger partial charge >= 0.3 is 12.1 Å². The van der Waals surface area contributed by atoms with Crippen LogP contribution in [0.1, 0.15) is 44.6 Å². The number of urea groups is 2. The standard InChI is InChI=1S/C15H19N3O4.C10H17N3O4/c1-21-16-14(19)13-8-7-12-9-17(13)15(20)18(12)22-10-11-5-3-2-4-6-11;1-2-5-17-11-9(14)8-4-3-7-6-12(8)10(15)13(7)16/h2-6,12-13H,7-10H2,1H3,(H,16,19);7-8,16H,2-6H2,1H3,(H,11,14)/t12-,13+;7-,8+/m11/s1. The number of piperidine rings is 2. The van der Waals surface area contributed by atoms with Crippen LogP contribution in [-0.4, -0.2) is 100.0 Å². The Hall–Kier alpha value is -3.46. The van der Waals surface area contributed by atoms with E-state index >= 15 is 0 Å². The topological polar surface area (TPSA) is 153 Å². The Kier molecular flexibility index (Phi) is 9.56. The zero-order chi connectivity index (χ0) is 27.9. The number of nitrogens with zero attached hydrogens (tertiary/aromatic N) is 4. The second-order valence-electron chi connectivity index (χ2n) is 9.78. The van der Waals surface area contributed by atoms with Gasteiger partial charge in [0.2, 0.25) is 0 Å². The number of hydrogen-bond acceptors (Lipinski definition) is 8. The van der Waals surface area contributed by atoms with Crippen LogP contribution in [0.15, 0.2) is 30.3 Å². The number of carbonyl (C=O) groups is 4. The van der Waals surface area contributed by atoms with E-state index in [9.17, 15) is 24.4 Å². The van der Waals surface area contributed by atoms with Gasteiger partial charge < -0.3 is 9.80 Å². The maximum absolute atomic E-state index is 12.4. The first kappa shape index (κ1) is 28.5. The van der Waals surface area contributed by atoms with Crippen molar-refractivity contribution in [3.05, 3.63) is 35.9 Å². The zero-order valence-corrected chi connectivity index (χ0v) is 22.2. The lowest BCUT2D eigenvalue weighted by atomic mass is 10.0. The predicted octanol–water partition coefficient (Wildman–Crippen LogP) is 1.17. The minimum Gasteiger partial charge on any atom is -0.309 e. The molecule has 0 aromatic heterocycles. The van der Waals surface area contributed by atoms with Gasteiger partial charge in [0, 0.05) is 13.1 Å². The average Bonchev–Trinajstić information content (AvgIpc) is 3.32. The van der Waals surface area contributed by atoms with Gasteiger partial charge in [0.1, 0.15) is 18.7 Å². The Morgan fingerprint density at radius 3 is 2.21 bits per heavy atom. The third-order valence-corrected chi connectivity index (χ3v) is 7.17. The van der Waals surface area contributed by atoms with Gasteiger partial charge in [-0.1, -0.05) is 37.3 Å². The number of hydrogen-bond donors (Lipinski definition) is 3. The summed E-state index contributed by atoms with van der Waals surface area (Å²) in [6, 6.07) is 7.73. The van der Waals surface area contributed by atoms with E-state index in [4.69, 9.17) is 9.68 Å². The summed E-state index contributed by atoms with van der Waals surface area (Å²) < 4.78 is 0. The van der Waals surface area contributed by atoms with Crippen LogP contribution in [0.5, 0.6) is 0 Å². The summed E-state index contributed by atoms with van der Waals surface area (Å²) in [4.78, 5) is 66.0. The molecular weight excluding hydrogens is 512 g/mol. The number of carbonyl (C=O) groups excluding carboxylic acids is 4. The highest BCUT2D eigenvalue weighted by atomic mass is 16.7. The number of rotatable bonds is 9. The molecular formula is C25H36N6O8. The van der Waals surface area contributed by atoms with E-state index in [1.807, 2.05) is 37.3 Å². The molecule has 4 atom stereocenters. The van der Waals surface area contributed by atoms with E-state index in [1.165, 1.54) is 17.1 Å². The Morgan fingerprint density at radius 2 is 1.54 bits per heavy atom. The van der Waals surface area contributed by atoms with E-state index in [0.717, 1.165) is 23.5 Å². The molecule has 4 aliphatic rings. The smallest absolute Gasteiger partial charge is 0.309 e. The molecule has 14 heteroatoms. The quantitative estimate of drug-likeness (QED) is 0.236. The molecule has 4 heterocycles. The second-order valence-corrected chi connectivity index (χ2v) is 9.78. The monoisotopic (exact) mass is 548 g/mol. The van der Waals surface area contributed by atoms with Crippen molar-refractivity contribution < 1.29 is 38.9 Å². The van der Waals surface area contributed by atoms with Crippen LogP contribution in [0.25, 0.3) is 0 Å². The maximum atomic E-state index is 12.4. The maximum Gasteiger partial charge on any atom is 0.345 e. The van der Waals surface area contributed by atoms with E-state index in [1.54, 1.807) is 4.90 Å². The van der Waals surface area contributed by atoms with Crippen LogP contribution in [0.2, 0.25) is 0 Å². The first-order valence-electron chi connectivity index (χ1n) is 13.2. The molecule has 1 aromatic carbocycles. The van der Waals surface area contributed by atoms with Gasteiger partial charge in [-0.25, -0.2) is 25.6 Å². The van der Waals surface area contributed by atoms with Crippen molar-refractivity contribution in [2.24, 2.45) is 0 Å². The fourth-order valence-electron chi connectivity index (χ4n) is 5.17. The molecule has 0 radical (unpaired) electrons. The Labute approximate surface area is 226 Å². The Morgan fingerprint density at radius 1 is 0.923 bits per heavy atom. The van der Waals surface area contributed by atoms with Gasteiger partial charge in [-0.15, -0.1) is 0 Å².